The van der Waals surface area contributed by atoms with Gasteiger partial charge >= 0.3 is 0 Å². The molecule has 1 heterocycles. The minimum atomic E-state index is -0.0857. The van der Waals surface area contributed by atoms with Crippen molar-refractivity contribution in [1.82, 2.24) is 0 Å². The summed E-state index contributed by atoms with van der Waals surface area (Å²) in [6.07, 6.45) is 1.25. The minimum Gasteiger partial charge on any atom is -0.315 e. The van der Waals surface area contributed by atoms with E-state index in [0.29, 0.717) is 6.42 Å². The molecule has 0 bridgehead atoms. The van der Waals surface area contributed by atoms with Gasteiger partial charge in [0.1, 0.15) is 0 Å². The second-order valence-electron chi connectivity index (χ2n) is 5.32. The summed E-state index contributed by atoms with van der Waals surface area (Å²) in [6, 6.07) is 14.3. The number of anilines is 1. The van der Waals surface area contributed by atoms with Gasteiger partial charge in [-0.3, -0.25) is 4.79 Å². The molecule has 0 radical (unpaired) electrons. The fraction of sp³-hybridized carbons (Fsp3) is 0.235. The van der Waals surface area contributed by atoms with Crippen LogP contribution in [0.3, 0.4) is 0 Å². The molecule has 4 heteroatoms. The molecular formula is C17H15BrClNO. The third-order valence-corrected chi connectivity index (χ3v) is 4.81. The molecule has 0 aliphatic carbocycles. The third-order valence-electron chi connectivity index (χ3n) is 3.87. The van der Waals surface area contributed by atoms with Crippen LogP contribution in [0.2, 0.25) is 0 Å². The quantitative estimate of drug-likeness (QED) is 0.735. The number of carbonyl (C=O) groups is 1. The molecule has 1 unspecified atom stereocenters. The lowest BCUT2D eigenvalue weighted by atomic mass is 10.0. The SMILES string of the molecule is CN1C(=O)Cc2cc(C(Cl)Cc3ccc(Br)cc3)ccc21. The van der Waals surface area contributed by atoms with E-state index in [1.807, 2.05) is 31.3 Å². The molecule has 1 aliphatic heterocycles. The van der Waals surface area contributed by atoms with Gasteiger partial charge < -0.3 is 4.90 Å². The molecule has 3 rings (SSSR count). The molecule has 108 valence electrons. The molecule has 2 nitrogen and oxygen atoms in total. The van der Waals surface area contributed by atoms with Crippen LogP contribution in [0.1, 0.15) is 22.1 Å². The van der Waals surface area contributed by atoms with Crippen LogP contribution < -0.4 is 4.90 Å². The van der Waals surface area contributed by atoms with Crippen molar-refractivity contribution < 1.29 is 4.79 Å². The van der Waals surface area contributed by atoms with Crippen molar-refractivity contribution in [1.29, 1.82) is 0 Å². The van der Waals surface area contributed by atoms with E-state index in [1.54, 1.807) is 4.90 Å². The molecule has 1 aliphatic rings. The van der Waals surface area contributed by atoms with Crippen molar-refractivity contribution in [3.8, 4) is 0 Å². The maximum atomic E-state index is 11.7. The first-order valence-electron chi connectivity index (χ1n) is 6.82. The summed E-state index contributed by atoms with van der Waals surface area (Å²) in [5.41, 5.74) is 4.34. The average Bonchev–Trinajstić information content (AvgIpc) is 2.76. The molecule has 0 saturated heterocycles. The lowest BCUT2D eigenvalue weighted by Crippen LogP contribution is -2.20. The van der Waals surface area contributed by atoms with Crippen LogP contribution in [0.15, 0.2) is 46.9 Å². The van der Waals surface area contributed by atoms with Crippen molar-refractivity contribution >= 4 is 39.1 Å². The number of rotatable bonds is 3. The maximum Gasteiger partial charge on any atom is 0.231 e. The Kier molecular flexibility index (Phi) is 4.05. The van der Waals surface area contributed by atoms with Crippen LogP contribution in [0.5, 0.6) is 0 Å². The minimum absolute atomic E-state index is 0.0857. The van der Waals surface area contributed by atoms with Gasteiger partial charge in [0, 0.05) is 17.2 Å². The van der Waals surface area contributed by atoms with Gasteiger partial charge in [-0.2, -0.15) is 0 Å². The van der Waals surface area contributed by atoms with E-state index >= 15 is 0 Å². The number of alkyl halides is 1. The number of amides is 1. The normalized spacial score (nSPS) is 15.2. The Bertz CT molecular complexity index is 684. The summed E-state index contributed by atoms with van der Waals surface area (Å²) >= 11 is 9.98. The van der Waals surface area contributed by atoms with Crippen molar-refractivity contribution in [2.75, 3.05) is 11.9 Å². The van der Waals surface area contributed by atoms with Gasteiger partial charge in [0.15, 0.2) is 0 Å². The number of hydrogen-bond acceptors (Lipinski definition) is 1. The highest BCUT2D eigenvalue weighted by Crippen LogP contribution is 2.33. The Morgan fingerprint density at radius 2 is 1.95 bits per heavy atom. The maximum absolute atomic E-state index is 11.7. The topological polar surface area (TPSA) is 20.3 Å². The summed E-state index contributed by atoms with van der Waals surface area (Å²) in [5, 5.41) is -0.0857. The van der Waals surface area contributed by atoms with Crippen molar-refractivity contribution in [3.05, 3.63) is 63.6 Å². The summed E-state index contributed by atoms with van der Waals surface area (Å²) in [7, 11) is 1.81. The highest BCUT2D eigenvalue weighted by molar-refractivity contribution is 9.10. The fourth-order valence-corrected chi connectivity index (χ4v) is 3.21. The van der Waals surface area contributed by atoms with E-state index < -0.39 is 0 Å². The first-order valence-corrected chi connectivity index (χ1v) is 8.05. The van der Waals surface area contributed by atoms with E-state index in [0.717, 1.165) is 27.7 Å². The summed E-state index contributed by atoms with van der Waals surface area (Å²) < 4.78 is 1.07. The Balaban J connectivity index is 1.80. The van der Waals surface area contributed by atoms with E-state index in [1.165, 1.54) is 5.56 Å². The standard InChI is InChI=1S/C17H15BrClNO/c1-20-16-7-4-12(9-13(16)10-17(20)21)15(19)8-11-2-5-14(18)6-3-11/h2-7,9,15H,8,10H2,1H3. The van der Waals surface area contributed by atoms with Crippen molar-refractivity contribution in [2.24, 2.45) is 0 Å². The number of hydrogen-bond donors (Lipinski definition) is 0. The zero-order chi connectivity index (χ0) is 15.0. The smallest absolute Gasteiger partial charge is 0.231 e. The van der Waals surface area contributed by atoms with Gasteiger partial charge in [0.2, 0.25) is 5.91 Å². The molecule has 0 spiro atoms. The molecular weight excluding hydrogens is 350 g/mol. The molecule has 21 heavy (non-hydrogen) atoms. The van der Waals surface area contributed by atoms with Gasteiger partial charge in [-0.05, 0) is 41.3 Å². The number of benzene rings is 2. The largest absolute Gasteiger partial charge is 0.315 e. The van der Waals surface area contributed by atoms with Gasteiger partial charge in [-0.1, -0.05) is 40.2 Å². The predicted octanol–water partition coefficient (Wildman–Crippen LogP) is 4.49. The predicted molar refractivity (Wildman–Crippen MR) is 90.0 cm³/mol. The molecule has 1 amide bonds. The van der Waals surface area contributed by atoms with E-state index in [2.05, 4.69) is 34.1 Å². The summed E-state index contributed by atoms with van der Waals surface area (Å²) in [5.74, 6) is 0.140. The molecule has 0 N–H and O–H groups in total. The Morgan fingerprint density at radius 3 is 2.67 bits per heavy atom. The molecule has 0 aromatic heterocycles. The molecule has 0 saturated carbocycles. The first-order chi connectivity index (χ1) is 10.0. The molecule has 2 aromatic carbocycles. The summed E-state index contributed by atoms with van der Waals surface area (Å²) in [6.45, 7) is 0. The number of likely N-dealkylation sites (N-methyl/N-ethyl adjacent to an activating group) is 1. The highest BCUT2D eigenvalue weighted by Gasteiger charge is 2.24. The second-order valence-corrected chi connectivity index (χ2v) is 6.76. The average molecular weight is 365 g/mol. The van der Waals surface area contributed by atoms with Crippen LogP contribution in [0.4, 0.5) is 5.69 Å². The van der Waals surface area contributed by atoms with Gasteiger partial charge in [-0.15, -0.1) is 11.6 Å². The molecule has 0 fully saturated rings. The van der Waals surface area contributed by atoms with Gasteiger partial charge in [0.25, 0.3) is 0 Å². The zero-order valence-corrected chi connectivity index (χ0v) is 14.0. The van der Waals surface area contributed by atoms with E-state index in [9.17, 15) is 4.79 Å². The second kappa shape index (κ2) is 5.82. The van der Waals surface area contributed by atoms with E-state index in [4.69, 9.17) is 11.6 Å². The van der Waals surface area contributed by atoms with Crippen LogP contribution in [0, 0.1) is 0 Å². The first kappa shape index (κ1) is 14.6. The van der Waals surface area contributed by atoms with Gasteiger partial charge in [0.05, 0.1) is 11.8 Å². The van der Waals surface area contributed by atoms with Crippen LogP contribution in [0.25, 0.3) is 0 Å². The lowest BCUT2D eigenvalue weighted by molar-refractivity contribution is -0.117. The Hall–Kier alpha value is -1.32. The van der Waals surface area contributed by atoms with Crippen LogP contribution in [-0.2, 0) is 17.6 Å². The van der Waals surface area contributed by atoms with Crippen LogP contribution in [-0.4, -0.2) is 13.0 Å². The monoisotopic (exact) mass is 363 g/mol. The Labute approximate surface area is 137 Å². The Morgan fingerprint density at radius 1 is 1.24 bits per heavy atom. The third kappa shape index (κ3) is 2.99. The molecule has 2 aromatic rings. The van der Waals surface area contributed by atoms with E-state index in [-0.39, 0.29) is 11.3 Å². The summed E-state index contributed by atoms with van der Waals surface area (Å²) in [4.78, 5) is 13.4. The zero-order valence-electron chi connectivity index (χ0n) is 11.6. The highest BCUT2D eigenvalue weighted by atomic mass is 79.9. The fourth-order valence-electron chi connectivity index (χ4n) is 2.63. The number of nitrogens with zero attached hydrogens (tertiary/aromatic N) is 1. The lowest BCUT2D eigenvalue weighted by Gasteiger charge is -2.13. The number of halogens is 2. The number of fused-ring (bicyclic) bond motifs is 1. The van der Waals surface area contributed by atoms with Crippen molar-refractivity contribution in [3.63, 3.8) is 0 Å². The number of carbonyl (C=O) groups excluding carboxylic acids is 1. The molecule has 1 atom stereocenters. The van der Waals surface area contributed by atoms with Crippen molar-refractivity contribution in [2.45, 2.75) is 18.2 Å². The van der Waals surface area contributed by atoms with Gasteiger partial charge in [-0.25, -0.2) is 0 Å². The van der Waals surface area contributed by atoms with Crippen LogP contribution >= 0.6 is 27.5 Å².